The van der Waals surface area contributed by atoms with Crippen LogP contribution in [-0.2, 0) is 21.9 Å². The van der Waals surface area contributed by atoms with Crippen molar-refractivity contribution in [2.75, 3.05) is 6.61 Å². The fourth-order valence-electron chi connectivity index (χ4n) is 1.71. The van der Waals surface area contributed by atoms with E-state index in [0.29, 0.717) is 0 Å². The second kappa shape index (κ2) is 8.02. The van der Waals surface area contributed by atoms with Gasteiger partial charge in [-0.25, -0.2) is 9.18 Å². The fourth-order valence-corrected chi connectivity index (χ4v) is 1.71. The van der Waals surface area contributed by atoms with Gasteiger partial charge in [-0.05, 0) is 30.7 Å². The summed E-state index contributed by atoms with van der Waals surface area (Å²) in [6.07, 6.45) is -12.8. The molecule has 1 aromatic rings. The van der Waals surface area contributed by atoms with Crippen molar-refractivity contribution in [3.63, 3.8) is 0 Å². The number of esters is 1. The molecule has 0 aliphatic rings. The molecule has 0 radical (unpaired) electrons. The molecule has 0 saturated heterocycles. The number of rotatable bonds is 4. The first-order valence-electron chi connectivity index (χ1n) is 6.23. The van der Waals surface area contributed by atoms with Crippen molar-refractivity contribution in [2.45, 2.75) is 31.5 Å². The lowest BCUT2D eigenvalue weighted by atomic mass is 9.97. The van der Waals surface area contributed by atoms with E-state index in [1.54, 1.807) is 0 Å². The van der Waals surface area contributed by atoms with Gasteiger partial charge < -0.3 is 10.5 Å². The summed E-state index contributed by atoms with van der Waals surface area (Å²) >= 11 is 0. The van der Waals surface area contributed by atoms with Gasteiger partial charge >= 0.3 is 18.3 Å². The smallest absolute Gasteiger partial charge is 0.416 e. The van der Waals surface area contributed by atoms with Crippen molar-refractivity contribution in [1.29, 1.82) is 0 Å². The number of benzene rings is 1. The quantitative estimate of drug-likeness (QED) is 0.630. The van der Waals surface area contributed by atoms with E-state index < -0.39 is 47.2 Å². The molecule has 1 aromatic carbocycles. The Morgan fingerprint density at radius 1 is 1.08 bits per heavy atom. The van der Waals surface area contributed by atoms with Crippen LogP contribution in [0.2, 0.25) is 0 Å². The largest absolute Gasteiger partial charge is 0.464 e. The number of hydrogen-bond donors (Lipinski definition) is 1. The highest BCUT2D eigenvalue weighted by Gasteiger charge is 2.38. The van der Waals surface area contributed by atoms with E-state index in [1.807, 2.05) is 0 Å². The Labute approximate surface area is 138 Å². The topological polar surface area (TPSA) is 52.3 Å². The van der Waals surface area contributed by atoms with Crippen LogP contribution in [0.5, 0.6) is 0 Å². The van der Waals surface area contributed by atoms with Gasteiger partial charge in [0.2, 0.25) is 6.17 Å². The first-order chi connectivity index (χ1) is 10.4. The molecular weight excluding hydrogens is 371 g/mol. The van der Waals surface area contributed by atoms with E-state index in [0.717, 1.165) is 0 Å². The highest BCUT2D eigenvalue weighted by Crippen LogP contribution is 2.37. The van der Waals surface area contributed by atoms with E-state index in [9.17, 15) is 35.5 Å². The van der Waals surface area contributed by atoms with Gasteiger partial charge in [0.05, 0.1) is 23.8 Å². The first kappa shape index (κ1) is 22.4. The van der Waals surface area contributed by atoms with Crippen LogP contribution in [0.15, 0.2) is 18.2 Å². The van der Waals surface area contributed by atoms with Crippen molar-refractivity contribution in [2.24, 2.45) is 5.73 Å². The molecule has 11 heteroatoms. The van der Waals surface area contributed by atoms with Gasteiger partial charge in [-0.1, -0.05) is 0 Å². The molecule has 0 saturated carbocycles. The summed E-state index contributed by atoms with van der Waals surface area (Å²) in [4.78, 5) is 11.2. The maximum atomic E-state index is 13.8. The Hall–Kier alpha value is -1.55. The third-order valence-electron chi connectivity index (χ3n) is 2.82. The Balaban J connectivity index is 0.00000529. The molecule has 0 aliphatic carbocycles. The summed E-state index contributed by atoms with van der Waals surface area (Å²) in [6, 6.07) is -1.61. The highest BCUT2D eigenvalue weighted by molar-refractivity contribution is 5.85. The minimum absolute atomic E-state index is 0. The van der Waals surface area contributed by atoms with Gasteiger partial charge in [0.15, 0.2) is 0 Å². The number of carbonyl (C=O) groups is 1. The first-order valence-corrected chi connectivity index (χ1v) is 6.23. The van der Waals surface area contributed by atoms with E-state index in [1.165, 1.54) is 6.92 Å². The molecule has 0 spiro atoms. The van der Waals surface area contributed by atoms with Gasteiger partial charge in [0, 0.05) is 0 Å². The van der Waals surface area contributed by atoms with Crippen LogP contribution >= 0.6 is 12.4 Å². The van der Waals surface area contributed by atoms with Gasteiger partial charge in [-0.2, -0.15) is 26.3 Å². The van der Waals surface area contributed by atoms with Crippen molar-refractivity contribution in [3.05, 3.63) is 34.9 Å². The van der Waals surface area contributed by atoms with Crippen molar-refractivity contribution in [3.8, 4) is 0 Å². The zero-order valence-corrected chi connectivity index (χ0v) is 12.9. The number of hydrogen-bond acceptors (Lipinski definition) is 3. The van der Waals surface area contributed by atoms with Crippen LogP contribution in [0.3, 0.4) is 0 Å². The molecule has 138 valence electrons. The van der Waals surface area contributed by atoms with Crippen LogP contribution in [-0.4, -0.2) is 18.7 Å². The van der Waals surface area contributed by atoms with Gasteiger partial charge in [-0.15, -0.1) is 12.4 Å². The van der Waals surface area contributed by atoms with Gasteiger partial charge in [0.1, 0.15) is 0 Å². The summed E-state index contributed by atoms with van der Waals surface area (Å²) in [6.45, 7) is 1.13. The number of carbonyl (C=O) groups excluding carboxylic acids is 1. The lowest BCUT2D eigenvalue weighted by Crippen LogP contribution is -2.32. The van der Waals surface area contributed by atoms with Crippen LogP contribution in [0.1, 0.15) is 29.7 Å². The molecule has 0 aliphatic heterocycles. The summed E-state index contributed by atoms with van der Waals surface area (Å²) in [7, 11) is 0. The van der Waals surface area contributed by atoms with E-state index in [4.69, 9.17) is 5.73 Å². The molecule has 2 N–H and O–H groups in total. The van der Waals surface area contributed by atoms with E-state index in [2.05, 4.69) is 4.74 Å². The Kier molecular flexibility index (Phi) is 7.50. The van der Waals surface area contributed by atoms with Crippen molar-refractivity contribution >= 4 is 18.4 Å². The van der Waals surface area contributed by atoms with Crippen LogP contribution in [0.25, 0.3) is 0 Å². The molecule has 1 unspecified atom stereocenters. The standard InChI is InChI=1S/C13H12F7NO2.ClH/c1-2-23-11(22)9(14)10(21)6-3-7(12(15,16)17)5-8(4-6)13(18,19)20;/h3-5,9-10H,2,21H2,1H3;1H/t9?,10-;/m0./s1. The number of alkyl halides is 7. The summed E-state index contributed by atoms with van der Waals surface area (Å²) in [5.74, 6) is -1.47. The molecule has 2 atom stereocenters. The Bertz CT molecular complexity index is 542. The number of ether oxygens (including phenoxy) is 1. The second-order valence-corrected chi connectivity index (χ2v) is 4.52. The molecule has 3 nitrogen and oxygen atoms in total. The predicted octanol–water partition coefficient (Wildman–Crippen LogP) is 4.05. The number of halogens is 8. The zero-order valence-electron chi connectivity index (χ0n) is 12.0. The highest BCUT2D eigenvalue weighted by atomic mass is 35.5. The lowest BCUT2D eigenvalue weighted by molar-refractivity contribution is -0.149. The third kappa shape index (κ3) is 5.52. The summed E-state index contributed by atoms with van der Waals surface area (Å²) in [5, 5.41) is 0. The third-order valence-corrected chi connectivity index (χ3v) is 2.82. The monoisotopic (exact) mass is 383 g/mol. The van der Waals surface area contributed by atoms with Crippen LogP contribution in [0.4, 0.5) is 30.7 Å². The molecule has 0 aromatic heterocycles. The molecule has 1 rings (SSSR count). The minimum atomic E-state index is -5.09. The van der Waals surface area contributed by atoms with E-state index >= 15 is 0 Å². The van der Waals surface area contributed by atoms with Crippen molar-refractivity contribution < 1.29 is 40.3 Å². The average molecular weight is 384 g/mol. The predicted molar refractivity (Wildman–Crippen MR) is 72.2 cm³/mol. The number of nitrogens with two attached hydrogens (primary N) is 1. The minimum Gasteiger partial charge on any atom is -0.464 e. The Morgan fingerprint density at radius 3 is 1.83 bits per heavy atom. The summed E-state index contributed by atoms with van der Waals surface area (Å²) in [5.41, 5.74) is 1.18. The van der Waals surface area contributed by atoms with E-state index in [-0.39, 0.29) is 37.2 Å². The van der Waals surface area contributed by atoms with Crippen LogP contribution in [0, 0.1) is 0 Å². The molecule has 0 bridgehead atoms. The fraction of sp³-hybridized carbons (Fsp3) is 0.462. The normalized spacial score (nSPS) is 14.5. The van der Waals surface area contributed by atoms with Crippen molar-refractivity contribution in [1.82, 2.24) is 0 Å². The maximum absolute atomic E-state index is 13.8. The molecule has 24 heavy (non-hydrogen) atoms. The SMILES string of the molecule is CCOC(=O)C(F)[C@@H](N)c1cc(C(F)(F)F)cc(C(F)(F)F)c1.Cl. The molecule has 0 fully saturated rings. The van der Waals surface area contributed by atoms with Crippen LogP contribution < -0.4 is 5.73 Å². The lowest BCUT2D eigenvalue weighted by Gasteiger charge is -2.19. The molecule has 0 amide bonds. The zero-order chi connectivity index (χ0) is 18.0. The molecule has 0 heterocycles. The Morgan fingerprint density at radius 2 is 1.50 bits per heavy atom. The van der Waals surface area contributed by atoms with Gasteiger partial charge in [0.25, 0.3) is 0 Å². The second-order valence-electron chi connectivity index (χ2n) is 4.52. The average Bonchev–Trinajstić information content (AvgIpc) is 2.43. The molecular formula is C13H13ClF7NO2. The summed E-state index contributed by atoms with van der Waals surface area (Å²) < 4.78 is 94.2. The maximum Gasteiger partial charge on any atom is 0.416 e. The van der Waals surface area contributed by atoms with Gasteiger partial charge in [-0.3, -0.25) is 0 Å².